The second kappa shape index (κ2) is 4.10. The normalized spacial score (nSPS) is 10.5. The van der Waals surface area contributed by atoms with Crippen LogP contribution >= 0.6 is 0 Å². The van der Waals surface area contributed by atoms with Gasteiger partial charge in [-0.2, -0.15) is 0 Å². The third kappa shape index (κ3) is 2.13. The van der Waals surface area contributed by atoms with Crippen molar-refractivity contribution in [1.29, 1.82) is 0 Å². The van der Waals surface area contributed by atoms with E-state index in [0.717, 1.165) is 5.56 Å². The Labute approximate surface area is 86.1 Å². The molecule has 2 heterocycles. The molecule has 0 bridgehead atoms. The van der Waals surface area contributed by atoms with E-state index in [4.69, 9.17) is 10.3 Å². The second-order valence-electron chi connectivity index (χ2n) is 3.19. The Morgan fingerprint density at radius 2 is 2.27 bits per heavy atom. The lowest BCUT2D eigenvalue weighted by atomic mass is 10.3. The summed E-state index contributed by atoms with van der Waals surface area (Å²) in [7, 11) is 0. The quantitative estimate of drug-likeness (QED) is 0.784. The van der Waals surface area contributed by atoms with Gasteiger partial charge in [0.2, 0.25) is 0 Å². The SMILES string of the molecule is NCc1ccc(=O)n(Cc2ccno2)c1. The molecular weight excluding hydrogens is 194 g/mol. The zero-order valence-electron chi connectivity index (χ0n) is 8.09. The summed E-state index contributed by atoms with van der Waals surface area (Å²) in [6, 6.07) is 4.94. The van der Waals surface area contributed by atoms with Gasteiger partial charge in [-0.15, -0.1) is 0 Å². The average molecular weight is 205 g/mol. The Morgan fingerprint density at radius 3 is 2.93 bits per heavy atom. The number of pyridine rings is 1. The van der Waals surface area contributed by atoms with Gasteiger partial charge in [0, 0.05) is 24.9 Å². The van der Waals surface area contributed by atoms with Crippen molar-refractivity contribution < 1.29 is 4.52 Å². The highest BCUT2D eigenvalue weighted by atomic mass is 16.5. The number of nitrogens with zero attached hydrogens (tertiary/aromatic N) is 2. The standard InChI is InChI=1S/C10H11N3O2/c11-5-8-1-2-10(14)13(6-8)7-9-3-4-12-15-9/h1-4,6H,5,7,11H2. The molecule has 0 aliphatic carbocycles. The molecule has 0 atom stereocenters. The van der Waals surface area contributed by atoms with Crippen LogP contribution < -0.4 is 11.3 Å². The summed E-state index contributed by atoms with van der Waals surface area (Å²) in [5.41, 5.74) is 6.32. The minimum absolute atomic E-state index is 0.0800. The molecule has 0 saturated carbocycles. The van der Waals surface area contributed by atoms with Gasteiger partial charge in [-0.25, -0.2) is 0 Å². The molecule has 2 aromatic heterocycles. The van der Waals surface area contributed by atoms with Gasteiger partial charge in [-0.3, -0.25) is 4.79 Å². The van der Waals surface area contributed by atoms with Crippen molar-refractivity contribution in [1.82, 2.24) is 9.72 Å². The third-order valence-corrected chi connectivity index (χ3v) is 2.10. The Hall–Kier alpha value is -1.88. The molecule has 2 N–H and O–H groups in total. The summed E-state index contributed by atoms with van der Waals surface area (Å²) in [5.74, 6) is 0.645. The molecule has 0 saturated heterocycles. The second-order valence-corrected chi connectivity index (χ2v) is 3.19. The first-order valence-electron chi connectivity index (χ1n) is 4.58. The number of hydrogen-bond donors (Lipinski definition) is 1. The van der Waals surface area contributed by atoms with Crippen LogP contribution in [0.25, 0.3) is 0 Å². The molecule has 2 aromatic rings. The fraction of sp³-hybridized carbons (Fsp3) is 0.200. The monoisotopic (exact) mass is 205 g/mol. The number of aromatic nitrogens is 2. The minimum Gasteiger partial charge on any atom is -0.359 e. The van der Waals surface area contributed by atoms with Gasteiger partial charge >= 0.3 is 0 Å². The highest BCUT2D eigenvalue weighted by Crippen LogP contribution is 2.00. The van der Waals surface area contributed by atoms with Gasteiger partial charge in [0.1, 0.15) is 0 Å². The van der Waals surface area contributed by atoms with Crippen molar-refractivity contribution in [3.8, 4) is 0 Å². The first-order valence-corrected chi connectivity index (χ1v) is 4.58. The lowest BCUT2D eigenvalue weighted by Crippen LogP contribution is -2.20. The third-order valence-electron chi connectivity index (χ3n) is 2.10. The zero-order valence-corrected chi connectivity index (χ0v) is 8.09. The van der Waals surface area contributed by atoms with Crippen LogP contribution in [0.15, 0.2) is 39.9 Å². The van der Waals surface area contributed by atoms with Crippen molar-refractivity contribution in [2.24, 2.45) is 5.73 Å². The number of nitrogens with two attached hydrogens (primary N) is 1. The Kier molecular flexibility index (Phi) is 2.64. The highest BCUT2D eigenvalue weighted by Gasteiger charge is 2.01. The fourth-order valence-electron chi connectivity index (χ4n) is 1.32. The summed E-state index contributed by atoms with van der Waals surface area (Å²) in [5, 5.41) is 3.58. The molecule has 0 fully saturated rings. The van der Waals surface area contributed by atoms with Crippen LogP contribution in [0.5, 0.6) is 0 Å². The van der Waals surface area contributed by atoms with E-state index in [-0.39, 0.29) is 5.56 Å². The maximum Gasteiger partial charge on any atom is 0.250 e. The molecule has 0 aromatic carbocycles. The minimum atomic E-state index is -0.0800. The first kappa shape index (κ1) is 9.67. The van der Waals surface area contributed by atoms with Crippen LogP contribution in [0.2, 0.25) is 0 Å². The summed E-state index contributed by atoms with van der Waals surface area (Å²) in [4.78, 5) is 11.5. The molecular formula is C10H11N3O2. The van der Waals surface area contributed by atoms with Crippen molar-refractivity contribution in [3.05, 3.63) is 52.3 Å². The molecule has 0 unspecified atom stereocenters. The number of rotatable bonds is 3. The van der Waals surface area contributed by atoms with E-state index >= 15 is 0 Å². The van der Waals surface area contributed by atoms with E-state index in [1.807, 2.05) is 0 Å². The van der Waals surface area contributed by atoms with Crippen molar-refractivity contribution in [2.45, 2.75) is 13.1 Å². The predicted octanol–water partition coefficient (Wildman–Crippen LogP) is 0.343. The average Bonchev–Trinajstić information content (AvgIpc) is 2.74. The summed E-state index contributed by atoms with van der Waals surface area (Å²) < 4.78 is 6.47. The molecule has 0 aliphatic heterocycles. The van der Waals surface area contributed by atoms with Crippen LogP contribution in [-0.4, -0.2) is 9.72 Å². The molecule has 78 valence electrons. The zero-order chi connectivity index (χ0) is 10.7. The molecule has 0 amide bonds. The van der Waals surface area contributed by atoms with E-state index in [2.05, 4.69) is 5.16 Å². The Balaban J connectivity index is 2.31. The molecule has 0 radical (unpaired) electrons. The molecule has 15 heavy (non-hydrogen) atoms. The smallest absolute Gasteiger partial charge is 0.250 e. The van der Waals surface area contributed by atoms with Gasteiger partial charge in [0.25, 0.3) is 5.56 Å². The largest absolute Gasteiger partial charge is 0.359 e. The van der Waals surface area contributed by atoms with Crippen molar-refractivity contribution in [2.75, 3.05) is 0 Å². The molecule has 0 spiro atoms. The van der Waals surface area contributed by atoms with Gasteiger partial charge in [-0.1, -0.05) is 11.2 Å². The molecule has 5 heteroatoms. The highest BCUT2D eigenvalue weighted by molar-refractivity contribution is 5.10. The van der Waals surface area contributed by atoms with Crippen LogP contribution in [0.4, 0.5) is 0 Å². The van der Waals surface area contributed by atoms with E-state index in [1.54, 1.807) is 29.1 Å². The van der Waals surface area contributed by atoms with Crippen LogP contribution in [-0.2, 0) is 13.1 Å². The van der Waals surface area contributed by atoms with Gasteiger partial charge in [0.05, 0.1) is 12.7 Å². The van der Waals surface area contributed by atoms with Crippen LogP contribution in [0.1, 0.15) is 11.3 Å². The Morgan fingerprint density at radius 1 is 1.40 bits per heavy atom. The maximum atomic E-state index is 11.5. The van der Waals surface area contributed by atoms with E-state index in [1.165, 1.54) is 6.07 Å². The lowest BCUT2D eigenvalue weighted by molar-refractivity contribution is 0.375. The maximum absolute atomic E-state index is 11.5. The molecule has 2 rings (SSSR count). The van der Waals surface area contributed by atoms with E-state index < -0.39 is 0 Å². The van der Waals surface area contributed by atoms with Gasteiger partial charge in [0.15, 0.2) is 5.76 Å². The summed E-state index contributed by atoms with van der Waals surface area (Å²) >= 11 is 0. The van der Waals surface area contributed by atoms with Crippen molar-refractivity contribution in [3.63, 3.8) is 0 Å². The first-order chi connectivity index (χ1) is 7.29. The summed E-state index contributed by atoms with van der Waals surface area (Å²) in [6.45, 7) is 0.795. The molecule has 5 nitrogen and oxygen atoms in total. The van der Waals surface area contributed by atoms with Gasteiger partial charge in [-0.05, 0) is 5.56 Å². The van der Waals surface area contributed by atoms with Gasteiger partial charge < -0.3 is 14.8 Å². The fourth-order valence-corrected chi connectivity index (χ4v) is 1.32. The number of hydrogen-bond acceptors (Lipinski definition) is 4. The topological polar surface area (TPSA) is 74.1 Å². The van der Waals surface area contributed by atoms with Crippen molar-refractivity contribution >= 4 is 0 Å². The molecule has 0 aliphatic rings. The summed E-state index contributed by atoms with van der Waals surface area (Å²) in [6.07, 6.45) is 3.28. The van der Waals surface area contributed by atoms with Crippen LogP contribution in [0, 0.1) is 0 Å². The van der Waals surface area contributed by atoms with E-state index in [9.17, 15) is 4.79 Å². The van der Waals surface area contributed by atoms with E-state index in [0.29, 0.717) is 18.8 Å². The Bertz CT molecular complexity index is 488. The van der Waals surface area contributed by atoms with Crippen LogP contribution in [0.3, 0.4) is 0 Å². The predicted molar refractivity (Wildman–Crippen MR) is 54.2 cm³/mol. The lowest BCUT2D eigenvalue weighted by Gasteiger charge is -2.04.